The molecule has 0 fully saturated rings. The van der Waals surface area contributed by atoms with Gasteiger partial charge in [0.05, 0.1) is 15.4 Å². The molecule has 6 nitrogen and oxygen atoms in total. The van der Waals surface area contributed by atoms with Gasteiger partial charge in [-0.2, -0.15) is 8.42 Å². The SMILES string of the molecule is Cc1ccc(C)c(S(=O)(=O)N=Nc2c(O)[nH]c3c(Cl)cc(Cl)cc23)c1. The highest BCUT2D eigenvalue weighted by Gasteiger charge is 2.19. The molecule has 1 aromatic heterocycles. The van der Waals surface area contributed by atoms with Crippen molar-refractivity contribution in [3.8, 4) is 5.88 Å². The summed E-state index contributed by atoms with van der Waals surface area (Å²) in [5.74, 6) is -0.348. The quantitative estimate of drug-likeness (QED) is 0.589. The molecule has 0 spiro atoms. The van der Waals surface area contributed by atoms with Crippen molar-refractivity contribution in [2.75, 3.05) is 0 Å². The Morgan fingerprint density at radius 1 is 1.12 bits per heavy atom. The maximum absolute atomic E-state index is 12.5. The van der Waals surface area contributed by atoms with E-state index in [2.05, 4.69) is 14.6 Å². The van der Waals surface area contributed by atoms with Crippen molar-refractivity contribution in [2.24, 2.45) is 9.63 Å². The number of aryl methyl sites for hydroxylation is 2. The molecule has 0 aliphatic rings. The lowest BCUT2D eigenvalue weighted by atomic mass is 10.2. The molecular formula is C16H13Cl2N3O3S. The summed E-state index contributed by atoms with van der Waals surface area (Å²) < 4.78 is 28.4. The number of H-pyrrole nitrogens is 1. The summed E-state index contributed by atoms with van der Waals surface area (Å²) in [4.78, 5) is 2.70. The van der Waals surface area contributed by atoms with E-state index in [0.717, 1.165) is 5.56 Å². The van der Waals surface area contributed by atoms with Crippen LogP contribution in [0.15, 0.2) is 44.9 Å². The zero-order valence-corrected chi connectivity index (χ0v) is 15.5. The first-order chi connectivity index (χ1) is 11.7. The monoisotopic (exact) mass is 397 g/mol. The number of aromatic hydroxyl groups is 1. The number of benzene rings is 2. The second-order valence-electron chi connectivity index (χ2n) is 5.56. The Morgan fingerprint density at radius 2 is 1.84 bits per heavy atom. The minimum atomic E-state index is -4.03. The van der Waals surface area contributed by atoms with E-state index in [1.807, 2.05) is 0 Å². The summed E-state index contributed by atoms with van der Waals surface area (Å²) in [6.07, 6.45) is 0. The predicted octanol–water partition coefficient (Wildman–Crippen LogP) is 5.27. The minimum Gasteiger partial charge on any atom is -0.493 e. The van der Waals surface area contributed by atoms with Crippen molar-refractivity contribution in [1.82, 2.24) is 4.98 Å². The predicted molar refractivity (Wildman–Crippen MR) is 97.6 cm³/mol. The molecule has 0 bridgehead atoms. The molecule has 9 heteroatoms. The zero-order chi connectivity index (χ0) is 18.4. The highest BCUT2D eigenvalue weighted by molar-refractivity contribution is 7.90. The third-order valence-corrected chi connectivity index (χ3v) is 5.46. The van der Waals surface area contributed by atoms with Gasteiger partial charge in [0, 0.05) is 10.4 Å². The van der Waals surface area contributed by atoms with Crippen LogP contribution in [0.2, 0.25) is 10.0 Å². The summed E-state index contributed by atoms with van der Waals surface area (Å²) >= 11 is 12.0. The second kappa shape index (κ2) is 6.33. The summed E-state index contributed by atoms with van der Waals surface area (Å²) in [6, 6.07) is 8.03. The van der Waals surface area contributed by atoms with Crippen LogP contribution in [0.5, 0.6) is 5.88 Å². The summed E-state index contributed by atoms with van der Waals surface area (Å²) in [7, 11) is -4.03. The highest BCUT2D eigenvalue weighted by atomic mass is 35.5. The molecule has 0 radical (unpaired) electrons. The van der Waals surface area contributed by atoms with Gasteiger partial charge in [-0.1, -0.05) is 39.9 Å². The van der Waals surface area contributed by atoms with E-state index in [1.54, 1.807) is 26.0 Å². The molecule has 0 saturated carbocycles. The van der Waals surface area contributed by atoms with Crippen LogP contribution >= 0.6 is 23.2 Å². The molecule has 2 aromatic carbocycles. The standard InChI is InChI=1S/C16H13Cl2N3O3S/c1-8-3-4-9(2)13(5-8)25(23,24)21-20-15-11-6-10(17)7-12(18)14(11)19-16(15)22/h3-7,19,22H,1-2H3. The molecule has 0 aliphatic heterocycles. The molecule has 0 amide bonds. The van der Waals surface area contributed by atoms with Gasteiger partial charge in [-0.15, -0.1) is 5.11 Å². The van der Waals surface area contributed by atoms with Crippen LogP contribution in [-0.4, -0.2) is 18.5 Å². The largest absolute Gasteiger partial charge is 0.493 e. The van der Waals surface area contributed by atoms with Gasteiger partial charge in [0.25, 0.3) is 10.0 Å². The van der Waals surface area contributed by atoms with Gasteiger partial charge < -0.3 is 10.1 Å². The molecular weight excluding hydrogens is 385 g/mol. The maximum atomic E-state index is 12.5. The zero-order valence-electron chi connectivity index (χ0n) is 13.2. The number of halogens is 2. The van der Waals surface area contributed by atoms with Gasteiger partial charge in [-0.25, -0.2) is 0 Å². The number of hydrogen-bond donors (Lipinski definition) is 2. The van der Waals surface area contributed by atoms with E-state index in [9.17, 15) is 13.5 Å². The summed E-state index contributed by atoms with van der Waals surface area (Å²) in [5.41, 5.74) is 1.68. The van der Waals surface area contributed by atoms with E-state index in [4.69, 9.17) is 23.2 Å². The molecule has 0 saturated heterocycles. The van der Waals surface area contributed by atoms with E-state index >= 15 is 0 Å². The number of nitrogens with zero attached hydrogens (tertiary/aromatic N) is 2. The van der Waals surface area contributed by atoms with Crippen LogP contribution in [0, 0.1) is 13.8 Å². The smallest absolute Gasteiger partial charge is 0.300 e. The lowest BCUT2D eigenvalue weighted by Gasteiger charge is -2.03. The van der Waals surface area contributed by atoms with Crippen molar-refractivity contribution in [3.05, 3.63) is 51.5 Å². The topological polar surface area (TPSA) is 94.9 Å². The Kier molecular flexibility index (Phi) is 4.49. The van der Waals surface area contributed by atoms with Crippen LogP contribution in [0.1, 0.15) is 11.1 Å². The minimum absolute atomic E-state index is 0.0479. The molecule has 2 N–H and O–H groups in total. The van der Waals surface area contributed by atoms with Crippen molar-refractivity contribution >= 4 is 49.8 Å². The average molecular weight is 398 g/mol. The normalized spacial score (nSPS) is 12.3. The third-order valence-electron chi connectivity index (χ3n) is 3.65. The van der Waals surface area contributed by atoms with Gasteiger partial charge >= 0.3 is 0 Å². The van der Waals surface area contributed by atoms with E-state index in [0.29, 0.717) is 21.5 Å². The van der Waals surface area contributed by atoms with Crippen molar-refractivity contribution in [1.29, 1.82) is 0 Å². The molecule has 1 heterocycles. The van der Waals surface area contributed by atoms with Crippen molar-refractivity contribution in [3.63, 3.8) is 0 Å². The van der Waals surface area contributed by atoms with Gasteiger partial charge in [0.1, 0.15) is 0 Å². The average Bonchev–Trinajstić information content (AvgIpc) is 2.84. The number of rotatable bonds is 3. The van der Waals surface area contributed by atoms with Gasteiger partial charge in [-0.05, 0) is 43.2 Å². The molecule has 0 atom stereocenters. The van der Waals surface area contributed by atoms with E-state index in [1.165, 1.54) is 18.2 Å². The van der Waals surface area contributed by atoms with Gasteiger partial charge in [-0.3, -0.25) is 0 Å². The number of nitrogens with one attached hydrogen (secondary N) is 1. The highest BCUT2D eigenvalue weighted by Crippen LogP contribution is 2.40. The summed E-state index contributed by atoms with van der Waals surface area (Å²) in [5, 5.41) is 14.7. The van der Waals surface area contributed by atoms with E-state index in [-0.39, 0.29) is 21.5 Å². The van der Waals surface area contributed by atoms with Crippen LogP contribution in [-0.2, 0) is 10.0 Å². The Bertz CT molecular complexity index is 1120. The first kappa shape index (κ1) is 17.7. The Hall–Kier alpha value is -2.09. The Labute approximate surface area is 154 Å². The maximum Gasteiger partial charge on any atom is 0.300 e. The van der Waals surface area contributed by atoms with Crippen LogP contribution < -0.4 is 0 Å². The van der Waals surface area contributed by atoms with Gasteiger partial charge in [0.2, 0.25) is 5.88 Å². The van der Waals surface area contributed by atoms with Crippen molar-refractivity contribution < 1.29 is 13.5 Å². The van der Waals surface area contributed by atoms with E-state index < -0.39 is 10.0 Å². The number of hydrogen-bond acceptors (Lipinski definition) is 4. The lowest BCUT2D eigenvalue weighted by Crippen LogP contribution is -1.99. The molecule has 130 valence electrons. The number of sulfonamides is 1. The molecule has 25 heavy (non-hydrogen) atoms. The first-order valence-electron chi connectivity index (χ1n) is 7.14. The fourth-order valence-electron chi connectivity index (χ4n) is 2.42. The van der Waals surface area contributed by atoms with Crippen LogP contribution in [0.25, 0.3) is 10.9 Å². The number of aromatic nitrogens is 1. The van der Waals surface area contributed by atoms with Gasteiger partial charge in [0.15, 0.2) is 5.69 Å². The fraction of sp³-hybridized carbons (Fsp3) is 0.125. The summed E-state index contributed by atoms with van der Waals surface area (Å²) in [6.45, 7) is 3.45. The van der Waals surface area contributed by atoms with Crippen LogP contribution in [0.3, 0.4) is 0 Å². The molecule has 0 aliphatic carbocycles. The first-order valence-corrected chi connectivity index (χ1v) is 9.33. The van der Waals surface area contributed by atoms with Crippen molar-refractivity contribution in [2.45, 2.75) is 18.7 Å². The molecule has 3 rings (SSSR count). The number of aromatic amines is 1. The molecule has 0 unspecified atom stereocenters. The number of fused-ring (bicyclic) bond motifs is 1. The third kappa shape index (κ3) is 3.35. The Morgan fingerprint density at radius 3 is 2.56 bits per heavy atom. The molecule has 3 aromatic rings. The van der Waals surface area contributed by atoms with Crippen LogP contribution in [0.4, 0.5) is 5.69 Å². The second-order valence-corrected chi connectivity index (χ2v) is 7.95. The Balaban J connectivity index is 2.12. The fourth-order valence-corrected chi connectivity index (χ4v) is 4.05. The lowest BCUT2D eigenvalue weighted by molar-refractivity contribution is 0.459.